The van der Waals surface area contributed by atoms with E-state index in [-0.39, 0.29) is 11.9 Å². The fourth-order valence-electron chi connectivity index (χ4n) is 1.98. The van der Waals surface area contributed by atoms with Crippen LogP contribution >= 0.6 is 22.9 Å². The standard InChI is InChI=1S/C16H18ClN3O2S/c1-10(20(2)9-13-7-8-14(17)23-13)16(22)19-12-5-3-11(4-6-12)15(18)21/h3-8,10H,9H2,1-2H3,(H2,18,21)(H,19,22)/t10-/m1/s1. The third-order valence-electron chi connectivity index (χ3n) is 3.51. The van der Waals surface area contributed by atoms with Gasteiger partial charge in [-0.25, -0.2) is 0 Å². The van der Waals surface area contributed by atoms with Crippen LogP contribution < -0.4 is 11.1 Å². The molecule has 2 aromatic rings. The highest BCUT2D eigenvalue weighted by molar-refractivity contribution is 7.16. The lowest BCUT2D eigenvalue weighted by Gasteiger charge is -2.23. The lowest BCUT2D eigenvalue weighted by molar-refractivity contribution is -0.120. The Bertz CT molecular complexity index is 700. The number of thiophene rings is 1. The average Bonchev–Trinajstić information content (AvgIpc) is 2.92. The van der Waals surface area contributed by atoms with E-state index in [1.807, 2.05) is 31.0 Å². The minimum atomic E-state index is -0.495. The second-order valence-corrected chi connectivity index (χ2v) is 7.03. The maximum absolute atomic E-state index is 12.3. The van der Waals surface area contributed by atoms with Gasteiger partial charge in [0.05, 0.1) is 10.4 Å². The average molecular weight is 352 g/mol. The zero-order valence-corrected chi connectivity index (χ0v) is 14.4. The third-order valence-corrected chi connectivity index (χ3v) is 4.73. The maximum atomic E-state index is 12.3. The van der Waals surface area contributed by atoms with E-state index in [0.717, 1.165) is 9.21 Å². The van der Waals surface area contributed by atoms with Gasteiger partial charge in [-0.05, 0) is 50.4 Å². The monoisotopic (exact) mass is 351 g/mol. The van der Waals surface area contributed by atoms with Crippen LogP contribution in [0.1, 0.15) is 22.2 Å². The van der Waals surface area contributed by atoms with Crippen LogP contribution in [0.3, 0.4) is 0 Å². The summed E-state index contributed by atoms with van der Waals surface area (Å²) >= 11 is 7.42. The molecule has 0 aliphatic heterocycles. The van der Waals surface area contributed by atoms with Gasteiger partial charge in [-0.2, -0.15) is 0 Å². The number of carbonyl (C=O) groups excluding carboxylic acids is 2. The molecule has 7 heteroatoms. The van der Waals surface area contributed by atoms with Crippen LogP contribution in [0.15, 0.2) is 36.4 Å². The molecule has 1 aromatic heterocycles. The van der Waals surface area contributed by atoms with E-state index in [2.05, 4.69) is 5.32 Å². The Kier molecular flexibility index (Phi) is 5.76. The van der Waals surface area contributed by atoms with Gasteiger partial charge in [0.25, 0.3) is 0 Å². The van der Waals surface area contributed by atoms with Gasteiger partial charge in [-0.1, -0.05) is 11.6 Å². The van der Waals surface area contributed by atoms with Crippen LogP contribution in [0.2, 0.25) is 4.34 Å². The number of nitrogens with one attached hydrogen (secondary N) is 1. The number of nitrogens with two attached hydrogens (primary N) is 1. The van der Waals surface area contributed by atoms with E-state index in [1.165, 1.54) is 11.3 Å². The molecule has 1 heterocycles. The van der Waals surface area contributed by atoms with Gasteiger partial charge in [-0.15, -0.1) is 11.3 Å². The number of amides is 2. The lowest BCUT2D eigenvalue weighted by atomic mass is 10.2. The number of halogens is 1. The fraction of sp³-hybridized carbons (Fsp3) is 0.250. The molecular weight excluding hydrogens is 334 g/mol. The Hall–Kier alpha value is -1.89. The molecule has 1 aromatic carbocycles. The van der Waals surface area contributed by atoms with Crippen LogP contribution in [-0.4, -0.2) is 29.8 Å². The molecule has 2 amide bonds. The second kappa shape index (κ2) is 7.59. The Morgan fingerprint density at radius 3 is 2.43 bits per heavy atom. The first-order valence-corrected chi connectivity index (χ1v) is 8.21. The number of nitrogens with zero attached hydrogens (tertiary/aromatic N) is 1. The first kappa shape index (κ1) is 17.5. The quantitative estimate of drug-likeness (QED) is 0.840. The summed E-state index contributed by atoms with van der Waals surface area (Å²) in [5.41, 5.74) is 6.22. The van der Waals surface area contributed by atoms with Crippen molar-refractivity contribution in [2.24, 2.45) is 5.73 Å². The van der Waals surface area contributed by atoms with Crippen molar-refractivity contribution in [2.75, 3.05) is 12.4 Å². The zero-order chi connectivity index (χ0) is 17.0. The molecule has 0 saturated heterocycles. The lowest BCUT2D eigenvalue weighted by Crippen LogP contribution is -2.39. The fourth-order valence-corrected chi connectivity index (χ4v) is 3.14. The van der Waals surface area contributed by atoms with Crippen molar-refractivity contribution in [1.82, 2.24) is 4.90 Å². The minimum absolute atomic E-state index is 0.123. The second-order valence-electron chi connectivity index (χ2n) is 5.23. The predicted molar refractivity (Wildman–Crippen MR) is 93.8 cm³/mol. The van der Waals surface area contributed by atoms with E-state index >= 15 is 0 Å². The van der Waals surface area contributed by atoms with Gasteiger partial charge in [0.15, 0.2) is 0 Å². The summed E-state index contributed by atoms with van der Waals surface area (Å²) < 4.78 is 0.736. The molecule has 2 rings (SSSR count). The predicted octanol–water partition coefficient (Wildman–Crippen LogP) is 2.96. The number of benzene rings is 1. The molecule has 0 aliphatic carbocycles. The summed E-state index contributed by atoms with van der Waals surface area (Å²) in [7, 11) is 1.88. The molecule has 23 heavy (non-hydrogen) atoms. The van der Waals surface area contributed by atoms with Crippen molar-refractivity contribution in [1.29, 1.82) is 0 Å². The molecular formula is C16H18ClN3O2S. The molecule has 0 spiro atoms. The van der Waals surface area contributed by atoms with Crippen molar-refractivity contribution in [2.45, 2.75) is 19.5 Å². The molecule has 0 bridgehead atoms. The van der Waals surface area contributed by atoms with Crippen LogP contribution in [0.4, 0.5) is 5.69 Å². The van der Waals surface area contributed by atoms with E-state index in [0.29, 0.717) is 17.8 Å². The van der Waals surface area contributed by atoms with Crippen LogP contribution in [0.25, 0.3) is 0 Å². The summed E-state index contributed by atoms with van der Waals surface area (Å²) in [5.74, 6) is -0.618. The van der Waals surface area contributed by atoms with Crippen LogP contribution in [0, 0.1) is 0 Å². The third kappa shape index (κ3) is 4.79. The molecule has 0 aliphatic rings. The number of hydrogen-bond acceptors (Lipinski definition) is 4. The van der Waals surface area contributed by atoms with Crippen molar-refractivity contribution >= 4 is 40.4 Å². The van der Waals surface area contributed by atoms with Crippen molar-refractivity contribution < 1.29 is 9.59 Å². The first-order valence-electron chi connectivity index (χ1n) is 7.02. The van der Waals surface area contributed by atoms with Gasteiger partial charge >= 0.3 is 0 Å². The summed E-state index contributed by atoms with van der Waals surface area (Å²) in [6.45, 7) is 2.48. The summed E-state index contributed by atoms with van der Waals surface area (Å²) in [6.07, 6.45) is 0. The number of likely N-dealkylation sites (N-methyl/N-ethyl adjacent to an activating group) is 1. The normalized spacial score (nSPS) is 12.2. The molecule has 0 saturated carbocycles. The Morgan fingerprint density at radius 1 is 1.26 bits per heavy atom. The number of anilines is 1. The largest absolute Gasteiger partial charge is 0.366 e. The molecule has 1 atom stereocenters. The van der Waals surface area contributed by atoms with Gasteiger partial charge in [0.2, 0.25) is 11.8 Å². The number of carbonyl (C=O) groups is 2. The van der Waals surface area contributed by atoms with Crippen molar-refractivity contribution in [3.05, 3.63) is 51.2 Å². The Morgan fingerprint density at radius 2 is 1.91 bits per heavy atom. The molecule has 3 N–H and O–H groups in total. The number of hydrogen-bond donors (Lipinski definition) is 2. The summed E-state index contributed by atoms with van der Waals surface area (Å²) in [5, 5.41) is 2.82. The van der Waals surface area contributed by atoms with Gasteiger partial charge < -0.3 is 11.1 Å². The molecule has 122 valence electrons. The van der Waals surface area contributed by atoms with E-state index in [1.54, 1.807) is 24.3 Å². The van der Waals surface area contributed by atoms with Gasteiger partial charge in [-0.3, -0.25) is 14.5 Å². The van der Waals surface area contributed by atoms with E-state index in [9.17, 15) is 9.59 Å². The number of rotatable bonds is 6. The van der Waals surface area contributed by atoms with Gasteiger partial charge in [0.1, 0.15) is 0 Å². The van der Waals surface area contributed by atoms with E-state index < -0.39 is 5.91 Å². The molecule has 0 fully saturated rings. The molecule has 0 radical (unpaired) electrons. The highest BCUT2D eigenvalue weighted by atomic mass is 35.5. The summed E-state index contributed by atoms with van der Waals surface area (Å²) in [6, 6.07) is 9.97. The number of primary amides is 1. The Labute approximate surface area is 144 Å². The van der Waals surface area contributed by atoms with Crippen molar-refractivity contribution in [3.8, 4) is 0 Å². The smallest absolute Gasteiger partial charge is 0.248 e. The highest BCUT2D eigenvalue weighted by Gasteiger charge is 2.19. The molecule has 5 nitrogen and oxygen atoms in total. The highest BCUT2D eigenvalue weighted by Crippen LogP contribution is 2.23. The zero-order valence-electron chi connectivity index (χ0n) is 12.9. The first-order chi connectivity index (χ1) is 10.9. The Balaban J connectivity index is 1.94. The van der Waals surface area contributed by atoms with Crippen molar-refractivity contribution in [3.63, 3.8) is 0 Å². The van der Waals surface area contributed by atoms with Gasteiger partial charge in [0, 0.05) is 22.7 Å². The topological polar surface area (TPSA) is 75.4 Å². The molecule has 0 unspecified atom stereocenters. The maximum Gasteiger partial charge on any atom is 0.248 e. The van der Waals surface area contributed by atoms with Crippen LogP contribution in [0.5, 0.6) is 0 Å². The van der Waals surface area contributed by atoms with Crippen LogP contribution in [-0.2, 0) is 11.3 Å². The minimum Gasteiger partial charge on any atom is -0.366 e. The SMILES string of the molecule is C[C@H](C(=O)Nc1ccc(C(N)=O)cc1)N(C)Cc1ccc(Cl)s1. The van der Waals surface area contributed by atoms with E-state index in [4.69, 9.17) is 17.3 Å². The summed E-state index contributed by atoms with van der Waals surface area (Å²) in [4.78, 5) is 26.4.